The van der Waals surface area contributed by atoms with E-state index in [1.807, 2.05) is 6.07 Å². The first-order valence-corrected chi connectivity index (χ1v) is 7.54. The van der Waals surface area contributed by atoms with Crippen molar-refractivity contribution < 1.29 is 0 Å². The molecule has 3 heteroatoms. The van der Waals surface area contributed by atoms with Crippen LogP contribution >= 0.6 is 0 Å². The quantitative estimate of drug-likeness (QED) is 0.752. The Balaban J connectivity index is 2.26. The Labute approximate surface area is 121 Å². The van der Waals surface area contributed by atoms with Crippen molar-refractivity contribution in [1.82, 2.24) is 10.3 Å². The van der Waals surface area contributed by atoms with Crippen LogP contribution in [0.3, 0.4) is 0 Å². The summed E-state index contributed by atoms with van der Waals surface area (Å²) in [6.45, 7) is 9.46. The standard InChI is InChI=1S/C17H25N3/c1-4-9-18-12-14-10-17(19-11-13(2)3)15-7-5-6-8-16(15)20-14/h5-8,10,13,18H,4,9,11-12H2,1-3H3,(H,19,20). The Hall–Kier alpha value is -1.61. The van der Waals surface area contributed by atoms with Gasteiger partial charge in [0.2, 0.25) is 0 Å². The largest absolute Gasteiger partial charge is 0.384 e. The average molecular weight is 271 g/mol. The molecule has 1 aromatic carbocycles. The summed E-state index contributed by atoms with van der Waals surface area (Å²) < 4.78 is 0. The van der Waals surface area contributed by atoms with Gasteiger partial charge in [0, 0.05) is 24.2 Å². The van der Waals surface area contributed by atoms with Gasteiger partial charge in [0.15, 0.2) is 0 Å². The minimum Gasteiger partial charge on any atom is -0.384 e. The van der Waals surface area contributed by atoms with Crippen molar-refractivity contribution >= 4 is 16.6 Å². The molecule has 0 fully saturated rings. The van der Waals surface area contributed by atoms with Gasteiger partial charge in [-0.25, -0.2) is 0 Å². The van der Waals surface area contributed by atoms with Crippen molar-refractivity contribution in [2.45, 2.75) is 33.7 Å². The molecule has 0 unspecified atom stereocenters. The van der Waals surface area contributed by atoms with E-state index in [0.717, 1.165) is 37.3 Å². The zero-order valence-electron chi connectivity index (χ0n) is 12.7. The van der Waals surface area contributed by atoms with Gasteiger partial charge in [0.25, 0.3) is 0 Å². The van der Waals surface area contributed by atoms with Crippen LogP contribution in [0.15, 0.2) is 30.3 Å². The molecule has 3 nitrogen and oxygen atoms in total. The van der Waals surface area contributed by atoms with Crippen LogP contribution in [0.2, 0.25) is 0 Å². The van der Waals surface area contributed by atoms with Crippen LogP contribution < -0.4 is 10.6 Å². The highest BCUT2D eigenvalue weighted by Crippen LogP contribution is 2.23. The number of nitrogens with zero attached hydrogens (tertiary/aromatic N) is 1. The topological polar surface area (TPSA) is 37.0 Å². The second kappa shape index (κ2) is 7.25. The zero-order valence-corrected chi connectivity index (χ0v) is 12.7. The smallest absolute Gasteiger partial charge is 0.0726 e. The molecule has 0 aliphatic heterocycles. The SMILES string of the molecule is CCCNCc1cc(NCC(C)C)c2ccccc2n1. The summed E-state index contributed by atoms with van der Waals surface area (Å²) in [7, 11) is 0. The van der Waals surface area contributed by atoms with Crippen molar-refractivity contribution in [2.24, 2.45) is 5.92 Å². The summed E-state index contributed by atoms with van der Waals surface area (Å²) in [4.78, 5) is 4.73. The van der Waals surface area contributed by atoms with E-state index in [9.17, 15) is 0 Å². The molecule has 20 heavy (non-hydrogen) atoms. The normalized spacial score (nSPS) is 11.2. The molecule has 2 aromatic rings. The monoisotopic (exact) mass is 271 g/mol. The predicted molar refractivity (Wildman–Crippen MR) is 87.1 cm³/mol. The third-order valence-electron chi connectivity index (χ3n) is 3.20. The molecule has 1 heterocycles. The molecule has 0 bridgehead atoms. The Morgan fingerprint density at radius 2 is 2.00 bits per heavy atom. The van der Waals surface area contributed by atoms with Gasteiger partial charge in [-0.2, -0.15) is 0 Å². The van der Waals surface area contributed by atoms with Gasteiger partial charge in [-0.05, 0) is 31.0 Å². The van der Waals surface area contributed by atoms with Gasteiger partial charge < -0.3 is 10.6 Å². The fourth-order valence-corrected chi connectivity index (χ4v) is 2.17. The number of rotatable bonds is 7. The molecule has 2 N–H and O–H groups in total. The van der Waals surface area contributed by atoms with E-state index in [-0.39, 0.29) is 0 Å². The highest BCUT2D eigenvalue weighted by molar-refractivity contribution is 5.91. The van der Waals surface area contributed by atoms with E-state index in [4.69, 9.17) is 4.98 Å². The molecule has 0 aliphatic carbocycles. The Morgan fingerprint density at radius 3 is 2.75 bits per heavy atom. The molecule has 1 aromatic heterocycles. The predicted octanol–water partition coefficient (Wildman–Crippen LogP) is 3.80. The van der Waals surface area contributed by atoms with Gasteiger partial charge in [-0.3, -0.25) is 4.98 Å². The number of benzene rings is 1. The van der Waals surface area contributed by atoms with Gasteiger partial charge in [-0.1, -0.05) is 39.0 Å². The average Bonchev–Trinajstić information content (AvgIpc) is 2.45. The van der Waals surface area contributed by atoms with Crippen LogP contribution in [0.1, 0.15) is 32.9 Å². The van der Waals surface area contributed by atoms with Crippen LogP contribution in [-0.4, -0.2) is 18.1 Å². The molecular weight excluding hydrogens is 246 g/mol. The summed E-state index contributed by atoms with van der Waals surface area (Å²) in [6.07, 6.45) is 1.14. The van der Waals surface area contributed by atoms with Gasteiger partial charge in [-0.15, -0.1) is 0 Å². The van der Waals surface area contributed by atoms with Crippen LogP contribution in [-0.2, 0) is 6.54 Å². The van der Waals surface area contributed by atoms with Crippen LogP contribution in [0.4, 0.5) is 5.69 Å². The second-order valence-corrected chi connectivity index (χ2v) is 5.63. The first-order valence-electron chi connectivity index (χ1n) is 7.54. The molecule has 0 amide bonds. The summed E-state index contributed by atoms with van der Waals surface area (Å²) >= 11 is 0. The van der Waals surface area contributed by atoms with Crippen LogP contribution in [0.5, 0.6) is 0 Å². The van der Waals surface area contributed by atoms with Gasteiger partial charge in [0.05, 0.1) is 11.2 Å². The van der Waals surface area contributed by atoms with E-state index < -0.39 is 0 Å². The number of fused-ring (bicyclic) bond motifs is 1. The number of para-hydroxylation sites is 1. The van der Waals surface area contributed by atoms with Crippen molar-refractivity contribution in [3.05, 3.63) is 36.0 Å². The molecule has 0 spiro atoms. The van der Waals surface area contributed by atoms with Crippen LogP contribution in [0, 0.1) is 5.92 Å². The number of aromatic nitrogens is 1. The van der Waals surface area contributed by atoms with E-state index in [1.54, 1.807) is 0 Å². The fourth-order valence-electron chi connectivity index (χ4n) is 2.17. The van der Waals surface area contributed by atoms with Crippen molar-refractivity contribution in [3.8, 4) is 0 Å². The number of anilines is 1. The number of pyridine rings is 1. The summed E-state index contributed by atoms with van der Waals surface area (Å²) in [5.74, 6) is 0.628. The lowest BCUT2D eigenvalue weighted by atomic mass is 10.1. The summed E-state index contributed by atoms with van der Waals surface area (Å²) in [5.41, 5.74) is 3.36. The molecule has 2 rings (SSSR count). The highest BCUT2D eigenvalue weighted by Gasteiger charge is 2.05. The zero-order chi connectivity index (χ0) is 14.4. The molecule has 0 radical (unpaired) electrons. The number of hydrogen-bond acceptors (Lipinski definition) is 3. The molecular formula is C17H25N3. The fraction of sp³-hybridized carbons (Fsp3) is 0.471. The Morgan fingerprint density at radius 1 is 1.20 bits per heavy atom. The van der Waals surface area contributed by atoms with Gasteiger partial charge in [0.1, 0.15) is 0 Å². The Bertz CT molecular complexity index is 549. The maximum atomic E-state index is 4.73. The molecule has 108 valence electrons. The lowest BCUT2D eigenvalue weighted by Crippen LogP contribution is -2.15. The van der Waals surface area contributed by atoms with E-state index in [0.29, 0.717) is 5.92 Å². The molecule has 0 atom stereocenters. The third-order valence-corrected chi connectivity index (χ3v) is 3.20. The van der Waals surface area contributed by atoms with Crippen molar-refractivity contribution in [1.29, 1.82) is 0 Å². The maximum Gasteiger partial charge on any atom is 0.0726 e. The molecule has 0 aliphatic rings. The first kappa shape index (κ1) is 14.8. The van der Waals surface area contributed by atoms with Gasteiger partial charge >= 0.3 is 0 Å². The molecule has 0 saturated heterocycles. The van der Waals surface area contributed by atoms with Crippen molar-refractivity contribution in [3.63, 3.8) is 0 Å². The highest BCUT2D eigenvalue weighted by atomic mass is 14.9. The van der Waals surface area contributed by atoms with Crippen LogP contribution in [0.25, 0.3) is 10.9 Å². The van der Waals surface area contributed by atoms with E-state index >= 15 is 0 Å². The van der Waals surface area contributed by atoms with Crippen molar-refractivity contribution in [2.75, 3.05) is 18.4 Å². The lowest BCUT2D eigenvalue weighted by molar-refractivity contribution is 0.665. The first-order chi connectivity index (χ1) is 9.70. The summed E-state index contributed by atoms with van der Waals surface area (Å²) in [6, 6.07) is 10.5. The van der Waals surface area contributed by atoms with E-state index in [1.165, 1.54) is 11.1 Å². The summed E-state index contributed by atoms with van der Waals surface area (Å²) in [5, 5.41) is 8.17. The maximum absolute atomic E-state index is 4.73. The Kier molecular flexibility index (Phi) is 5.36. The second-order valence-electron chi connectivity index (χ2n) is 5.63. The van der Waals surface area contributed by atoms with E-state index in [2.05, 4.69) is 55.7 Å². The number of nitrogens with one attached hydrogen (secondary N) is 2. The minimum absolute atomic E-state index is 0.628. The number of hydrogen-bond donors (Lipinski definition) is 2. The minimum atomic E-state index is 0.628. The lowest BCUT2D eigenvalue weighted by Gasteiger charge is -2.13. The molecule has 0 saturated carbocycles. The third kappa shape index (κ3) is 3.94.